The van der Waals surface area contributed by atoms with E-state index < -0.39 is 17.6 Å². The fraction of sp³-hybridized carbons (Fsp3) is 0.412. The van der Waals surface area contributed by atoms with E-state index in [0.717, 1.165) is 25.0 Å². The lowest BCUT2D eigenvalue weighted by Crippen LogP contribution is -2.23. The minimum Gasteiger partial charge on any atom is -0.376 e. The van der Waals surface area contributed by atoms with Gasteiger partial charge in [-0.3, -0.25) is 4.79 Å². The topological polar surface area (TPSA) is 65.4 Å². The van der Waals surface area contributed by atoms with Crippen LogP contribution < -0.4 is 5.32 Å². The molecular weight excluding hydrogens is 351 g/mol. The second-order valence-electron chi connectivity index (χ2n) is 5.88. The van der Waals surface area contributed by atoms with E-state index in [4.69, 9.17) is 9.47 Å². The molecule has 1 aliphatic heterocycles. The van der Waals surface area contributed by atoms with Gasteiger partial charge in [0, 0.05) is 19.0 Å². The molecule has 1 fully saturated rings. The lowest BCUT2D eigenvalue weighted by molar-refractivity contribution is -0.137. The highest BCUT2D eigenvalue weighted by Crippen LogP contribution is 2.33. The van der Waals surface area contributed by atoms with Gasteiger partial charge in [0.1, 0.15) is 6.61 Å². The Bertz CT molecular complexity index is 741. The number of carbonyl (C=O) groups excluding carboxylic acids is 1. The highest BCUT2D eigenvalue weighted by atomic mass is 19.4. The maximum Gasteiger partial charge on any atom is 0.416 e. The van der Waals surface area contributed by atoms with Crippen molar-refractivity contribution in [2.24, 2.45) is 0 Å². The number of nitrogens with one attached hydrogen (secondary N) is 1. The zero-order valence-corrected chi connectivity index (χ0v) is 13.8. The number of carbonyl (C=O) groups is 1. The zero-order valence-electron chi connectivity index (χ0n) is 13.8. The quantitative estimate of drug-likeness (QED) is 0.850. The SMILES string of the molecule is O=C(COCC1CCCO1)Nc1cc(C(F)(F)F)ccc1-n1cccn1. The van der Waals surface area contributed by atoms with Gasteiger partial charge in [0.15, 0.2) is 0 Å². The summed E-state index contributed by atoms with van der Waals surface area (Å²) >= 11 is 0. The van der Waals surface area contributed by atoms with Gasteiger partial charge in [-0.05, 0) is 37.1 Å². The summed E-state index contributed by atoms with van der Waals surface area (Å²) in [6.07, 6.45) is 0.352. The summed E-state index contributed by atoms with van der Waals surface area (Å²) < 4.78 is 51.0. The molecule has 26 heavy (non-hydrogen) atoms. The molecule has 140 valence electrons. The van der Waals surface area contributed by atoms with E-state index in [2.05, 4.69) is 10.4 Å². The van der Waals surface area contributed by atoms with Crippen LogP contribution in [0.5, 0.6) is 0 Å². The number of amides is 1. The average Bonchev–Trinajstić information content (AvgIpc) is 3.27. The van der Waals surface area contributed by atoms with Crippen LogP contribution in [0.1, 0.15) is 18.4 Å². The van der Waals surface area contributed by atoms with Gasteiger partial charge in [0.25, 0.3) is 0 Å². The predicted octanol–water partition coefficient (Wildman–Crippen LogP) is 3.03. The predicted molar refractivity (Wildman–Crippen MR) is 87.0 cm³/mol. The molecule has 6 nitrogen and oxygen atoms in total. The van der Waals surface area contributed by atoms with Gasteiger partial charge in [-0.2, -0.15) is 18.3 Å². The Hall–Kier alpha value is -2.39. The van der Waals surface area contributed by atoms with Crippen LogP contribution in [-0.4, -0.2) is 41.6 Å². The molecular formula is C17H18F3N3O3. The number of alkyl halides is 3. The van der Waals surface area contributed by atoms with Gasteiger partial charge in [-0.15, -0.1) is 0 Å². The fourth-order valence-corrected chi connectivity index (χ4v) is 2.67. The first-order chi connectivity index (χ1) is 12.4. The van der Waals surface area contributed by atoms with Crippen molar-refractivity contribution in [3.8, 4) is 5.69 Å². The largest absolute Gasteiger partial charge is 0.416 e. The van der Waals surface area contributed by atoms with Crippen LogP contribution in [-0.2, 0) is 20.4 Å². The van der Waals surface area contributed by atoms with Crippen molar-refractivity contribution in [3.05, 3.63) is 42.2 Å². The monoisotopic (exact) mass is 369 g/mol. The van der Waals surface area contributed by atoms with Gasteiger partial charge in [0.05, 0.1) is 29.6 Å². The normalized spacial score (nSPS) is 17.4. The molecule has 0 aliphatic carbocycles. The Balaban J connectivity index is 1.70. The van der Waals surface area contributed by atoms with Crippen LogP contribution in [0.4, 0.5) is 18.9 Å². The summed E-state index contributed by atoms with van der Waals surface area (Å²) in [5, 5.41) is 6.47. The summed E-state index contributed by atoms with van der Waals surface area (Å²) in [5.74, 6) is -0.546. The number of rotatable bonds is 6. The molecule has 2 aromatic rings. The van der Waals surface area contributed by atoms with E-state index in [1.165, 1.54) is 16.9 Å². The molecule has 0 spiro atoms. The molecule has 1 aromatic carbocycles. The Kier molecular flexibility index (Phi) is 5.58. The van der Waals surface area contributed by atoms with Crippen molar-refractivity contribution >= 4 is 11.6 Å². The molecule has 0 bridgehead atoms. The molecule has 1 aliphatic rings. The summed E-state index contributed by atoms with van der Waals surface area (Å²) in [7, 11) is 0. The van der Waals surface area contributed by atoms with E-state index in [0.29, 0.717) is 12.3 Å². The van der Waals surface area contributed by atoms with Crippen LogP contribution in [0, 0.1) is 0 Å². The highest BCUT2D eigenvalue weighted by molar-refractivity contribution is 5.93. The third kappa shape index (κ3) is 4.61. The van der Waals surface area contributed by atoms with Gasteiger partial charge in [-0.25, -0.2) is 4.68 Å². The third-order valence-corrected chi connectivity index (χ3v) is 3.91. The third-order valence-electron chi connectivity index (χ3n) is 3.91. The zero-order chi connectivity index (χ0) is 18.6. The van der Waals surface area contributed by atoms with E-state index >= 15 is 0 Å². The smallest absolute Gasteiger partial charge is 0.376 e. The molecule has 0 radical (unpaired) electrons. The first-order valence-corrected chi connectivity index (χ1v) is 8.14. The van der Waals surface area contributed by atoms with Gasteiger partial charge < -0.3 is 14.8 Å². The standard InChI is InChI=1S/C17H18F3N3O3/c18-17(19,20)12-4-5-15(23-7-2-6-21-23)14(9-12)22-16(24)11-25-10-13-3-1-8-26-13/h2,4-7,9,13H,1,3,8,10-11H2,(H,22,24). The number of halogens is 3. The summed E-state index contributed by atoms with van der Waals surface area (Å²) in [4.78, 5) is 12.1. The van der Waals surface area contributed by atoms with Crippen molar-refractivity contribution in [1.82, 2.24) is 9.78 Å². The lowest BCUT2D eigenvalue weighted by Gasteiger charge is -2.15. The summed E-state index contributed by atoms with van der Waals surface area (Å²) in [6.45, 7) is 0.689. The van der Waals surface area contributed by atoms with Gasteiger partial charge in [-0.1, -0.05) is 0 Å². The number of hydrogen-bond donors (Lipinski definition) is 1. The van der Waals surface area contributed by atoms with Crippen molar-refractivity contribution in [1.29, 1.82) is 0 Å². The van der Waals surface area contributed by atoms with E-state index in [-0.39, 0.29) is 25.0 Å². The molecule has 1 atom stereocenters. The molecule has 3 rings (SSSR count). The number of aromatic nitrogens is 2. The molecule has 9 heteroatoms. The van der Waals surface area contributed by atoms with Crippen molar-refractivity contribution in [2.45, 2.75) is 25.1 Å². The molecule has 1 unspecified atom stereocenters. The molecule has 1 aromatic heterocycles. The second kappa shape index (κ2) is 7.88. The number of nitrogens with zero attached hydrogens (tertiary/aromatic N) is 2. The number of anilines is 1. The Labute approximate surface area is 147 Å². The van der Waals surface area contributed by atoms with E-state index in [1.54, 1.807) is 12.3 Å². The molecule has 1 amide bonds. The highest BCUT2D eigenvalue weighted by Gasteiger charge is 2.31. The minimum absolute atomic E-state index is 0.00856. The van der Waals surface area contributed by atoms with Crippen molar-refractivity contribution in [2.75, 3.05) is 25.1 Å². The molecule has 1 N–H and O–H groups in total. The molecule has 2 heterocycles. The Morgan fingerprint density at radius 1 is 1.42 bits per heavy atom. The summed E-state index contributed by atoms with van der Waals surface area (Å²) in [5.41, 5.74) is -0.520. The number of hydrogen-bond acceptors (Lipinski definition) is 4. The maximum atomic E-state index is 13.0. The van der Waals surface area contributed by atoms with Crippen LogP contribution in [0.25, 0.3) is 5.69 Å². The number of ether oxygens (including phenoxy) is 2. The molecule has 1 saturated heterocycles. The van der Waals surface area contributed by atoms with Gasteiger partial charge >= 0.3 is 6.18 Å². The summed E-state index contributed by atoms with van der Waals surface area (Å²) in [6, 6.07) is 4.72. The minimum atomic E-state index is -4.52. The Morgan fingerprint density at radius 2 is 2.27 bits per heavy atom. The van der Waals surface area contributed by atoms with Crippen molar-refractivity contribution in [3.63, 3.8) is 0 Å². The second-order valence-corrected chi connectivity index (χ2v) is 5.88. The lowest BCUT2D eigenvalue weighted by atomic mass is 10.1. The first-order valence-electron chi connectivity index (χ1n) is 8.14. The van der Waals surface area contributed by atoms with Crippen molar-refractivity contribution < 1.29 is 27.4 Å². The first kappa shape index (κ1) is 18.4. The van der Waals surface area contributed by atoms with Crippen LogP contribution >= 0.6 is 0 Å². The van der Waals surface area contributed by atoms with E-state index in [9.17, 15) is 18.0 Å². The molecule has 0 saturated carbocycles. The van der Waals surface area contributed by atoms with E-state index in [1.807, 2.05) is 0 Å². The average molecular weight is 369 g/mol. The Morgan fingerprint density at radius 3 is 2.92 bits per heavy atom. The fourth-order valence-electron chi connectivity index (χ4n) is 2.67. The van der Waals surface area contributed by atoms with Crippen LogP contribution in [0.3, 0.4) is 0 Å². The van der Waals surface area contributed by atoms with Crippen LogP contribution in [0.2, 0.25) is 0 Å². The van der Waals surface area contributed by atoms with Crippen LogP contribution in [0.15, 0.2) is 36.7 Å². The maximum absolute atomic E-state index is 13.0. The number of benzene rings is 1. The van der Waals surface area contributed by atoms with Gasteiger partial charge in [0.2, 0.25) is 5.91 Å².